The van der Waals surface area contributed by atoms with Gasteiger partial charge >= 0.3 is 12.2 Å². The van der Waals surface area contributed by atoms with Crippen molar-refractivity contribution in [2.24, 2.45) is 0 Å². The molecule has 2 N–H and O–H groups in total. The Bertz CT molecular complexity index is 1280. The van der Waals surface area contributed by atoms with Crippen LogP contribution in [-0.2, 0) is 22.7 Å². The lowest BCUT2D eigenvalue weighted by atomic mass is 10.2. The van der Waals surface area contributed by atoms with Gasteiger partial charge in [-0.25, -0.2) is 18.2 Å². The van der Waals surface area contributed by atoms with Crippen LogP contribution in [0.1, 0.15) is 11.1 Å². The predicted octanol–water partition coefficient (Wildman–Crippen LogP) is 3.33. The number of rotatable bonds is 6. The number of carbonyl (C=O) groups is 1. The van der Waals surface area contributed by atoms with E-state index in [-0.39, 0.29) is 31.1 Å². The number of halogens is 3. The van der Waals surface area contributed by atoms with Crippen LogP contribution in [-0.4, -0.2) is 54.9 Å². The molecule has 0 spiro atoms. The van der Waals surface area contributed by atoms with Crippen LogP contribution in [0.5, 0.6) is 0 Å². The monoisotopic (exact) mass is 520 g/mol. The van der Waals surface area contributed by atoms with Gasteiger partial charge in [0.25, 0.3) is 0 Å². The number of pyridine rings is 2. The van der Waals surface area contributed by atoms with Crippen molar-refractivity contribution < 1.29 is 26.4 Å². The number of aromatic nitrogens is 2. The van der Waals surface area contributed by atoms with Gasteiger partial charge in [-0.05, 0) is 48.0 Å². The summed E-state index contributed by atoms with van der Waals surface area (Å²) < 4.78 is 65.6. The van der Waals surface area contributed by atoms with Gasteiger partial charge in [-0.15, -0.1) is 0 Å². The number of carbonyl (C=O) groups excluding carboxylic acids is 1. The molecule has 3 heterocycles. The number of benzene rings is 1. The summed E-state index contributed by atoms with van der Waals surface area (Å²) in [5, 5.41) is 5.33. The van der Waals surface area contributed by atoms with E-state index in [1.54, 1.807) is 23.4 Å². The number of nitrogens with zero attached hydrogens (tertiary/aromatic N) is 4. The fourth-order valence-corrected chi connectivity index (χ4v) is 5.04. The van der Waals surface area contributed by atoms with Gasteiger partial charge in [0.2, 0.25) is 10.0 Å². The number of hydrogen-bond acceptors (Lipinski definition) is 6. The fourth-order valence-electron chi connectivity index (χ4n) is 3.62. The van der Waals surface area contributed by atoms with Gasteiger partial charge in [0.15, 0.2) is 0 Å². The van der Waals surface area contributed by atoms with Crippen molar-refractivity contribution in [3.8, 4) is 0 Å². The average molecular weight is 521 g/mol. The number of hydrogen-bond donors (Lipinski definition) is 2. The molecule has 4 rings (SSSR count). The molecule has 3 aromatic rings. The van der Waals surface area contributed by atoms with Crippen molar-refractivity contribution in [1.82, 2.24) is 19.6 Å². The first-order chi connectivity index (χ1) is 17.1. The molecular formula is C23H23F3N6O3S. The molecule has 13 heteroatoms. The zero-order valence-corrected chi connectivity index (χ0v) is 19.8. The quantitative estimate of drug-likeness (QED) is 0.517. The largest absolute Gasteiger partial charge is 0.417 e. The summed E-state index contributed by atoms with van der Waals surface area (Å²) in [4.78, 5) is 21.8. The first-order valence-electron chi connectivity index (χ1n) is 10.9. The minimum atomic E-state index is -4.47. The van der Waals surface area contributed by atoms with Crippen molar-refractivity contribution in [3.05, 3.63) is 78.2 Å². The van der Waals surface area contributed by atoms with E-state index in [2.05, 4.69) is 20.6 Å². The second-order valence-electron chi connectivity index (χ2n) is 7.99. The summed E-state index contributed by atoms with van der Waals surface area (Å²) in [7, 11) is -3.78. The van der Waals surface area contributed by atoms with Gasteiger partial charge in [0, 0.05) is 57.0 Å². The van der Waals surface area contributed by atoms with Gasteiger partial charge in [0.1, 0.15) is 5.82 Å². The predicted molar refractivity (Wildman–Crippen MR) is 127 cm³/mol. The highest BCUT2D eigenvalue weighted by Gasteiger charge is 2.32. The second kappa shape index (κ2) is 10.5. The van der Waals surface area contributed by atoms with Crippen molar-refractivity contribution in [3.63, 3.8) is 0 Å². The lowest BCUT2D eigenvalue weighted by molar-refractivity contribution is -0.137. The smallest absolute Gasteiger partial charge is 0.354 e. The zero-order chi connectivity index (χ0) is 25.8. The van der Waals surface area contributed by atoms with E-state index in [4.69, 9.17) is 0 Å². The number of urea groups is 1. The Balaban J connectivity index is 1.31. The average Bonchev–Trinajstić information content (AvgIpc) is 2.88. The molecule has 0 unspecified atom stereocenters. The van der Waals surface area contributed by atoms with Crippen LogP contribution in [0.3, 0.4) is 0 Å². The minimum Gasteiger partial charge on any atom is -0.354 e. The molecule has 1 aliphatic rings. The standard InChI is InChI=1S/C23H23F3N6O3S/c24-23(25,26)18-3-8-21(28-16-18)31-10-12-32(13-11-31)36(34,35)20-6-4-19(5-7-20)30-22(33)29-15-17-2-1-9-27-14-17/h1-9,14,16H,10-13,15H2,(H2,29,30,33). The molecule has 2 amide bonds. The summed E-state index contributed by atoms with van der Waals surface area (Å²) >= 11 is 0. The summed E-state index contributed by atoms with van der Waals surface area (Å²) in [6, 6.07) is 11.2. The molecular weight excluding hydrogens is 497 g/mol. The van der Waals surface area contributed by atoms with E-state index in [9.17, 15) is 26.4 Å². The molecule has 1 saturated heterocycles. The first kappa shape index (κ1) is 25.4. The van der Waals surface area contributed by atoms with Gasteiger partial charge in [0.05, 0.1) is 10.5 Å². The van der Waals surface area contributed by atoms with Crippen LogP contribution in [0.2, 0.25) is 0 Å². The Kier molecular flexibility index (Phi) is 7.40. The lowest BCUT2D eigenvalue weighted by Gasteiger charge is -2.34. The number of alkyl halides is 3. The number of sulfonamides is 1. The maximum Gasteiger partial charge on any atom is 0.417 e. The third kappa shape index (κ3) is 6.10. The van der Waals surface area contributed by atoms with Crippen molar-refractivity contribution >= 4 is 27.6 Å². The Morgan fingerprint density at radius 3 is 2.28 bits per heavy atom. The summed E-state index contributed by atoms with van der Waals surface area (Å²) in [5.74, 6) is 0.359. The third-order valence-corrected chi connectivity index (χ3v) is 7.48. The third-order valence-electron chi connectivity index (χ3n) is 5.56. The van der Waals surface area contributed by atoms with Crippen LogP contribution < -0.4 is 15.5 Å². The molecule has 1 fully saturated rings. The molecule has 0 atom stereocenters. The molecule has 0 radical (unpaired) electrons. The molecule has 1 aliphatic heterocycles. The minimum absolute atomic E-state index is 0.0740. The fraction of sp³-hybridized carbons (Fsp3) is 0.261. The maximum absolute atomic E-state index is 13.0. The van der Waals surface area contributed by atoms with E-state index < -0.39 is 27.8 Å². The van der Waals surface area contributed by atoms with Crippen LogP contribution in [0.15, 0.2) is 72.0 Å². The summed E-state index contributed by atoms with van der Waals surface area (Å²) in [6.45, 7) is 1.17. The Morgan fingerprint density at radius 1 is 0.972 bits per heavy atom. The van der Waals surface area contributed by atoms with Gasteiger partial charge in [-0.2, -0.15) is 17.5 Å². The SMILES string of the molecule is O=C(NCc1cccnc1)Nc1ccc(S(=O)(=O)N2CCN(c3ccc(C(F)(F)F)cn3)CC2)cc1. The van der Waals surface area contributed by atoms with Crippen molar-refractivity contribution in [2.45, 2.75) is 17.6 Å². The zero-order valence-electron chi connectivity index (χ0n) is 18.9. The molecule has 9 nitrogen and oxygen atoms in total. The van der Waals surface area contributed by atoms with Crippen LogP contribution in [0, 0.1) is 0 Å². The highest BCUT2D eigenvalue weighted by molar-refractivity contribution is 7.89. The normalized spacial score (nSPS) is 14.9. The van der Waals surface area contributed by atoms with Crippen molar-refractivity contribution in [1.29, 1.82) is 0 Å². The molecule has 0 aliphatic carbocycles. The molecule has 190 valence electrons. The number of piperazine rings is 1. The lowest BCUT2D eigenvalue weighted by Crippen LogP contribution is -2.48. The number of amides is 2. The van der Waals surface area contributed by atoms with Crippen LogP contribution in [0.4, 0.5) is 29.5 Å². The van der Waals surface area contributed by atoms with E-state index in [1.165, 1.54) is 34.6 Å². The van der Waals surface area contributed by atoms with Gasteiger partial charge in [-0.1, -0.05) is 6.07 Å². The van der Waals surface area contributed by atoms with E-state index >= 15 is 0 Å². The summed E-state index contributed by atoms with van der Waals surface area (Å²) in [6.07, 6.45) is -0.421. The second-order valence-corrected chi connectivity index (χ2v) is 9.93. The maximum atomic E-state index is 13.0. The van der Waals surface area contributed by atoms with Crippen LogP contribution >= 0.6 is 0 Å². The Hall–Kier alpha value is -3.71. The van der Waals surface area contributed by atoms with E-state index in [1.807, 2.05) is 6.07 Å². The molecule has 36 heavy (non-hydrogen) atoms. The molecule has 1 aromatic carbocycles. The Labute approximate surface area is 206 Å². The summed E-state index contributed by atoms with van der Waals surface area (Å²) in [5.41, 5.74) is 0.426. The number of anilines is 2. The Morgan fingerprint density at radius 2 is 1.69 bits per heavy atom. The van der Waals surface area contributed by atoms with Gasteiger partial charge in [-0.3, -0.25) is 4.98 Å². The molecule has 0 bridgehead atoms. The topological polar surface area (TPSA) is 108 Å². The number of nitrogens with one attached hydrogen (secondary N) is 2. The molecule has 2 aromatic heterocycles. The highest BCUT2D eigenvalue weighted by Crippen LogP contribution is 2.29. The van der Waals surface area contributed by atoms with E-state index in [0.717, 1.165) is 17.8 Å². The first-order valence-corrected chi connectivity index (χ1v) is 12.4. The van der Waals surface area contributed by atoms with Crippen molar-refractivity contribution in [2.75, 3.05) is 36.4 Å². The van der Waals surface area contributed by atoms with E-state index in [0.29, 0.717) is 18.1 Å². The van der Waals surface area contributed by atoms with Gasteiger partial charge < -0.3 is 15.5 Å². The van der Waals surface area contributed by atoms with Crippen LogP contribution in [0.25, 0.3) is 0 Å². The molecule has 0 saturated carbocycles. The highest BCUT2D eigenvalue weighted by atomic mass is 32.2.